The number of hydrogen-bond acceptors (Lipinski definition) is 4. The fourth-order valence-electron chi connectivity index (χ4n) is 3.85. The van der Waals surface area contributed by atoms with Crippen LogP contribution in [0.1, 0.15) is 30.1 Å². The van der Waals surface area contributed by atoms with Gasteiger partial charge in [-0.1, -0.05) is 29.3 Å². The van der Waals surface area contributed by atoms with Gasteiger partial charge in [-0.25, -0.2) is 9.37 Å². The summed E-state index contributed by atoms with van der Waals surface area (Å²) in [6.07, 6.45) is 3.62. The molecule has 2 aromatic carbocycles. The van der Waals surface area contributed by atoms with Gasteiger partial charge < -0.3 is 9.73 Å². The van der Waals surface area contributed by atoms with Crippen LogP contribution in [0, 0.1) is 5.82 Å². The molecule has 1 unspecified atom stereocenters. The van der Waals surface area contributed by atoms with E-state index in [-0.39, 0.29) is 30.7 Å². The highest BCUT2D eigenvalue weighted by Gasteiger charge is 2.28. The van der Waals surface area contributed by atoms with E-state index in [9.17, 15) is 9.18 Å². The summed E-state index contributed by atoms with van der Waals surface area (Å²) in [5.41, 5.74) is 1.72. The van der Waals surface area contributed by atoms with E-state index in [1.807, 2.05) is 0 Å². The fraction of sp³-hybridized carbons (Fsp3) is 0.304. The smallest absolute Gasteiger partial charge is 0.226 e. The van der Waals surface area contributed by atoms with Crippen molar-refractivity contribution in [2.45, 2.75) is 25.3 Å². The summed E-state index contributed by atoms with van der Waals surface area (Å²) >= 11 is 12.2. The summed E-state index contributed by atoms with van der Waals surface area (Å²) in [5.74, 6) is -0.150. The van der Waals surface area contributed by atoms with E-state index in [1.54, 1.807) is 36.4 Å². The Bertz CT molecular complexity index is 1030. The summed E-state index contributed by atoms with van der Waals surface area (Å²) < 4.78 is 20.0. The van der Waals surface area contributed by atoms with Gasteiger partial charge in [-0.2, -0.15) is 0 Å². The summed E-state index contributed by atoms with van der Waals surface area (Å²) in [6.45, 7) is 1.96. The number of halogens is 3. The van der Waals surface area contributed by atoms with Crippen molar-refractivity contribution >= 4 is 29.1 Å². The van der Waals surface area contributed by atoms with Gasteiger partial charge >= 0.3 is 0 Å². The molecule has 0 saturated carbocycles. The average molecular weight is 462 g/mol. The third-order valence-corrected chi connectivity index (χ3v) is 5.97. The number of aromatic nitrogens is 1. The van der Waals surface area contributed by atoms with Crippen molar-refractivity contribution in [2.24, 2.45) is 0 Å². The van der Waals surface area contributed by atoms with Crippen LogP contribution in [-0.2, 0) is 11.2 Å². The number of oxazole rings is 1. The van der Waals surface area contributed by atoms with Gasteiger partial charge in [0, 0.05) is 27.7 Å². The highest BCUT2D eigenvalue weighted by Crippen LogP contribution is 2.32. The highest BCUT2D eigenvalue weighted by atomic mass is 35.5. The van der Waals surface area contributed by atoms with Crippen molar-refractivity contribution in [3.63, 3.8) is 0 Å². The lowest BCUT2D eigenvalue weighted by Gasteiger charge is -2.29. The molecule has 1 aromatic heterocycles. The third kappa shape index (κ3) is 5.26. The van der Waals surface area contributed by atoms with Gasteiger partial charge in [0.05, 0.1) is 18.2 Å². The molecule has 1 amide bonds. The van der Waals surface area contributed by atoms with Gasteiger partial charge in [-0.3, -0.25) is 9.69 Å². The Balaban J connectivity index is 1.42. The number of hydrogen-bond donors (Lipinski definition) is 1. The number of carbonyl (C=O) groups excluding carboxylic acids is 1. The third-order valence-electron chi connectivity index (χ3n) is 5.39. The van der Waals surface area contributed by atoms with Gasteiger partial charge in [0.25, 0.3) is 0 Å². The molecule has 1 aliphatic heterocycles. The molecule has 1 fully saturated rings. The molecule has 0 spiro atoms. The molecule has 1 saturated heterocycles. The number of amides is 1. The van der Waals surface area contributed by atoms with Crippen molar-refractivity contribution < 1.29 is 13.6 Å². The lowest BCUT2D eigenvalue weighted by Crippen LogP contribution is -2.38. The number of carbonyl (C=O) groups is 1. The van der Waals surface area contributed by atoms with Gasteiger partial charge in [0.2, 0.25) is 11.8 Å². The van der Waals surface area contributed by atoms with Gasteiger partial charge in [-0.05, 0) is 62.3 Å². The van der Waals surface area contributed by atoms with Crippen LogP contribution >= 0.6 is 23.2 Å². The monoisotopic (exact) mass is 461 g/mol. The van der Waals surface area contributed by atoms with Gasteiger partial charge in [0.15, 0.2) is 0 Å². The molecule has 162 valence electrons. The van der Waals surface area contributed by atoms with Gasteiger partial charge in [-0.15, -0.1) is 0 Å². The first-order valence-electron chi connectivity index (χ1n) is 10.2. The minimum atomic E-state index is -0.359. The first kappa shape index (κ1) is 21.8. The van der Waals surface area contributed by atoms with Crippen LogP contribution in [0.2, 0.25) is 10.0 Å². The van der Waals surface area contributed by atoms with E-state index >= 15 is 0 Å². The van der Waals surface area contributed by atoms with E-state index in [0.717, 1.165) is 31.5 Å². The van der Waals surface area contributed by atoms with Crippen LogP contribution in [0.5, 0.6) is 0 Å². The molecule has 1 atom stereocenters. The second-order valence-electron chi connectivity index (χ2n) is 7.53. The Hall–Kier alpha value is -2.41. The first-order valence-corrected chi connectivity index (χ1v) is 10.9. The first-order chi connectivity index (χ1) is 15.0. The van der Waals surface area contributed by atoms with Gasteiger partial charge in [0.1, 0.15) is 12.1 Å². The Morgan fingerprint density at radius 2 is 1.90 bits per heavy atom. The molecule has 0 aliphatic carbocycles. The van der Waals surface area contributed by atoms with Crippen LogP contribution in [-0.4, -0.2) is 35.4 Å². The predicted molar refractivity (Wildman–Crippen MR) is 119 cm³/mol. The SMILES string of the molecule is O=C(Cc1coc(-c2ccc(Cl)cc2)n1)NCC(c1c(F)cccc1Cl)N1CCCC1. The number of likely N-dealkylation sites (tertiary alicyclic amines) is 1. The highest BCUT2D eigenvalue weighted by molar-refractivity contribution is 6.31. The second-order valence-corrected chi connectivity index (χ2v) is 8.37. The van der Waals surface area contributed by atoms with Crippen molar-refractivity contribution in [2.75, 3.05) is 19.6 Å². The Labute approximate surface area is 190 Å². The van der Waals surface area contributed by atoms with Crippen LogP contribution in [0.15, 0.2) is 53.1 Å². The molecule has 3 aromatic rings. The normalized spacial score (nSPS) is 15.2. The topological polar surface area (TPSA) is 58.4 Å². The summed E-state index contributed by atoms with van der Waals surface area (Å²) in [6, 6.07) is 11.5. The molecule has 31 heavy (non-hydrogen) atoms. The maximum Gasteiger partial charge on any atom is 0.226 e. The summed E-state index contributed by atoms with van der Waals surface area (Å²) in [7, 11) is 0. The molecule has 1 aliphatic rings. The minimum Gasteiger partial charge on any atom is -0.444 e. The van der Waals surface area contributed by atoms with E-state index in [2.05, 4.69) is 15.2 Å². The molecule has 4 rings (SSSR count). The minimum absolute atomic E-state index is 0.0643. The Kier molecular flexibility index (Phi) is 6.90. The zero-order chi connectivity index (χ0) is 21.8. The zero-order valence-corrected chi connectivity index (χ0v) is 18.3. The number of rotatable bonds is 7. The molecule has 0 bridgehead atoms. The van der Waals surface area contributed by atoms with Crippen molar-refractivity contribution in [1.29, 1.82) is 0 Å². The molecule has 2 heterocycles. The van der Waals surface area contributed by atoms with Crippen molar-refractivity contribution in [3.05, 3.63) is 75.8 Å². The molecule has 1 N–H and O–H groups in total. The Morgan fingerprint density at radius 3 is 2.61 bits per heavy atom. The number of benzene rings is 2. The predicted octanol–water partition coefficient (Wildman–Crippen LogP) is 5.28. The lowest BCUT2D eigenvalue weighted by atomic mass is 10.0. The molecule has 0 radical (unpaired) electrons. The largest absolute Gasteiger partial charge is 0.444 e. The van der Waals surface area contributed by atoms with Crippen molar-refractivity contribution in [1.82, 2.24) is 15.2 Å². The van der Waals surface area contributed by atoms with E-state index < -0.39 is 0 Å². The zero-order valence-electron chi connectivity index (χ0n) is 16.8. The standard InChI is InChI=1S/C23H22Cl2FN3O2/c24-16-8-6-15(7-9-16)23-28-17(14-31-23)12-21(30)27-13-20(29-10-1-2-11-29)22-18(25)4-3-5-19(22)26/h3-9,14,20H,1-2,10-13H2,(H,27,30). The van der Waals surface area contributed by atoms with Crippen LogP contribution in [0.3, 0.4) is 0 Å². The van der Waals surface area contributed by atoms with Crippen molar-refractivity contribution in [3.8, 4) is 11.5 Å². The van der Waals surface area contributed by atoms with E-state index in [0.29, 0.717) is 27.2 Å². The fourth-order valence-corrected chi connectivity index (χ4v) is 4.26. The Morgan fingerprint density at radius 1 is 1.16 bits per heavy atom. The summed E-state index contributed by atoms with van der Waals surface area (Å²) in [5, 5.41) is 3.91. The average Bonchev–Trinajstić information content (AvgIpc) is 3.43. The lowest BCUT2D eigenvalue weighted by molar-refractivity contribution is -0.120. The summed E-state index contributed by atoms with van der Waals surface area (Å²) in [4.78, 5) is 19.1. The second kappa shape index (κ2) is 9.81. The number of nitrogens with one attached hydrogen (secondary N) is 1. The van der Waals surface area contributed by atoms with E-state index in [1.165, 1.54) is 12.3 Å². The molecular weight excluding hydrogens is 440 g/mol. The molecule has 8 heteroatoms. The number of nitrogens with zero attached hydrogens (tertiary/aromatic N) is 2. The van der Waals surface area contributed by atoms with Crippen LogP contribution in [0.4, 0.5) is 4.39 Å². The maximum atomic E-state index is 14.6. The molecular formula is C23H22Cl2FN3O2. The van der Waals surface area contributed by atoms with Crippen LogP contribution in [0.25, 0.3) is 11.5 Å². The quantitative estimate of drug-likeness (QED) is 0.519. The molecule has 5 nitrogen and oxygen atoms in total. The maximum absolute atomic E-state index is 14.6. The van der Waals surface area contributed by atoms with E-state index in [4.69, 9.17) is 27.6 Å². The van der Waals surface area contributed by atoms with Crippen LogP contribution < -0.4 is 5.32 Å².